The molecule has 1 unspecified atom stereocenters. The van der Waals surface area contributed by atoms with E-state index in [1.807, 2.05) is 18.1 Å². The molecule has 2 aromatic heterocycles. The third kappa shape index (κ3) is 3.53. The molecular formula is C20H27N5O2. The molecule has 0 radical (unpaired) electrons. The number of aliphatic hydroxyl groups excluding tert-OH is 1. The average molecular weight is 369 g/mol. The standard InChI is InChI=1S/C20H27N5O2/c1-24-13-25(15-5-3-14(4-6-15)12-27-10-2-8-21)18-16-7-9-22-19(16)23-11-17(18)20(24)26/h7,9,11,14-15,20,26H,2-6,10,12-13H2,1H3,(H,22,23). The number of fused-ring (bicyclic) bond motifs is 3. The van der Waals surface area contributed by atoms with Crippen LogP contribution in [-0.2, 0) is 4.74 Å². The van der Waals surface area contributed by atoms with Crippen molar-refractivity contribution in [1.82, 2.24) is 14.9 Å². The minimum Gasteiger partial charge on any atom is -0.380 e. The molecule has 0 aromatic carbocycles. The summed E-state index contributed by atoms with van der Waals surface area (Å²) < 4.78 is 5.64. The number of pyridine rings is 1. The van der Waals surface area contributed by atoms with E-state index in [-0.39, 0.29) is 0 Å². The topological polar surface area (TPSA) is 88.4 Å². The van der Waals surface area contributed by atoms with Gasteiger partial charge >= 0.3 is 0 Å². The quantitative estimate of drug-likeness (QED) is 0.788. The van der Waals surface area contributed by atoms with Crippen molar-refractivity contribution in [2.24, 2.45) is 5.92 Å². The highest BCUT2D eigenvalue weighted by Crippen LogP contribution is 2.41. The number of nitriles is 1. The maximum Gasteiger partial charge on any atom is 0.139 e. The molecular weight excluding hydrogens is 342 g/mol. The lowest BCUT2D eigenvalue weighted by atomic mass is 9.85. The van der Waals surface area contributed by atoms with E-state index in [0.717, 1.165) is 54.6 Å². The van der Waals surface area contributed by atoms with Crippen LogP contribution in [-0.4, -0.2) is 52.9 Å². The van der Waals surface area contributed by atoms with Crippen molar-refractivity contribution in [3.8, 4) is 6.07 Å². The van der Waals surface area contributed by atoms with Crippen molar-refractivity contribution < 1.29 is 9.84 Å². The Labute approximate surface area is 159 Å². The van der Waals surface area contributed by atoms with E-state index in [4.69, 9.17) is 10.00 Å². The number of hydrogen-bond donors (Lipinski definition) is 2. The summed E-state index contributed by atoms with van der Waals surface area (Å²) >= 11 is 0. The zero-order valence-electron chi connectivity index (χ0n) is 15.8. The first-order chi connectivity index (χ1) is 13.2. The highest BCUT2D eigenvalue weighted by molar-refractivity contribution is 5.92. The van der Waals surface area contributed by atoms with Crippen LogP contribution in [0.25, 0.3) is 11.0 Å². The predicted octanol–water partition coefficient (Wildman–Crippen LogP) is 2.75. The highest BCUT2D eigenvalue weighted by Gasteiger charge is 2.35. The third-order valence-electron chi connectivity index (χ3n) is 5.91. The zero-order chi connectivity index (χ0) is 18.8. The summed E-state index contributed by atoms with van der Waals surface area (Å²) in [4.78, 5) is 12.1. The lowest BCUT2D eigenvalue weighted by molar-refractivity contribution is 0.0104. The van der Waals surface area contributed by atoms with Crippen LogP contribution < -0.4 is 4.90 Å². The first-order valence-corrected chi connectivity index (χ1v) is 9.74. The number of H-pyrrole nitrogens is 1. The minimum atomic E-state index is -0.618. The maximum absolute atomic E-state index is 10.6. The van der Waals surface area contributed by atoms with Gasteiger partial charge in [-0.2, -0.15) is 5.26 Å². The number of rotatable bonds is 5. The number of nitrogens with one attached hydrogen (secondary N) is 1. The van der Waals surface area contributed by atoms with Crippen LogP contribution in [0.15, 0.2) is 18.5 Å². The van der Waals surface area contributed by atoms with Crippen LogP contribution in [0.5, 0.6) is 0 Å². The molecule has 1 fully saturated rings. The second-order valence-electron chi connectivity index (χ2n) is 7.70. The fourth-order valence-electron chi connectivity index (χ4n) is 4.43. The Balaban J connectivity index is 1.50. The largest absolute Gasteiger partial charge is 0.380 e. The molecule has 2 aromatic rings. The number of ether oxygens (including phenoxy) is 1. The molecule has 27 heavy (non-hydrogen) atoms. The van der Waals surface area contributed by atoms with Gasteiger partial charge in [0.1, 0.15) is 11.9 Å². The Morgan fingerprint density at radius 3 is 2.96 bits per heavy atom. The number of aromatic amines is 1. The van der Waals surface area contributed by atoms with Gasteiger partial charge in [0.05, 0.1) is 31.5 Å². The normalized spacial score (nSPS) is 26.1. The van der Waals surface area contributed by atoms with Crippen molar-refractivity contribution in [2.45, 2.75) is 44.4 Å². The van der Waals surface area contributed by atoms with Crippen molar-refractivity contribution in [2.75, 3.05) is 31.8 Å². The Bertz CT molecular complexity index is 821. The zero-order valence-corrected chi connectivity index (χ0v) is 15.8. The molecule has 2 N–H and O–H groups in total. The van der Waals surface area contributed by atoms with E-state index in [1.54, 1.807) is 6.20 Å². The molecule has 1 aliphatic carbocycles. The molecule has 0 spiro atoms. The molecule has 2 aliphatic rings. The van der Waals surface area contributed by atoms with Gasteiger partial charge in [0.15, 0.2) is 0 Å². The second kappa shape index (κ2) is 7.85. The van der Waals surface area contributed by atoms with Crippen LogP contribution >= 0.6 is 0 Å². The molecule has 0 bridgehead atoms. The summed E-state index contributed by atoms with van der Waals surface area (Å²) in [6, 6.07) is 4.63. The molecule has 7 heteroatoms. The van der Waals surface area contributed by atoms with E-state index in [2.05, 4.69) is 27.0 Å². The molecule has 1 atom stereocenters. The second-order valence-corrected chi connectivity index (χ2v) is 7.70. The summed E-state index contributed by atoms with van der Waals surface area (Å²) in [6.07, 6.45) is 8.07. The molecule has 1 aliphatic heterocycles. The van der Waals surface area contributed by atoms with Gasteiger partial charge in [-0.25, -0.2) is 4.98 Å². The monoisotopic (exact) mass is 369 g/mol. The van der Waals surface area contributed by atoms with E-state index in [0.29, 0.717) is 31.7 Å². The molecule has 4 rings (SSSR count). The summed E-state index contributed by atoms with van der Waals surface area (Å²) in [5, 5.41) is 20.3. The van der Waals surface area contributed by atoms with E-state index in [1.165, 1.54) is 0 Å². The van der Waals surface area contributed by atoms with Gasteiger partial charge in [-0.3, -0.25) is 4.90 Å². The fourth-order valence-corrected chi connectivity index (χ4v) is 4.43. The third-order valence-corrected chi connectivity index (χ3v) is 5.91. The van der Waals surface area contributed by atoms with E-state index >= 15 is 0 Å². The molecule has 7 nitrogen and oxygen atoms in total. The molecule has 0 amide bonds. The van der Waals surface area contributed by atoms with Crippen LogP contribution in [0.1, 0.15) is 43.9 Å². The van der Waals surface area contributed by atoms with Crippen LogP contribution in [0.3, 0.4) is 0 Å². The first kappa shape index (κ1) is 18.2. The number of anilines is 1. The smallest absolute Gasteiger partial charge is 0.139 e. The van der Waals surface area contributed by atoms with E-state index in [9.17, 15) is 5.11 Å². The number of aliphatic hydroxyl groups is 1. The van der Waals surface area contributed by atoms with Crippen LogP contribution in [0.4, 0.5) is 5.69 Å². The molecule has 0 saturated heterocycles. The van der Waals surface area contributed by atoms with Crippen LogP contribution in [0.2, 0.25) is 0 Å². The van der Waals surface area contributed by atoms with Crippen LogP contribution in [0, 0.1) is 17.2 Å². The Morgan fingerprint density at radius 1 is 1.37 bits per heavy atom. The van der Waals surface area contributed by atoms with Gasteiger partial charge in [-0.05, 0) is 44.7 Å². The fraction of sp³-hybridized carbons (Fsp3) is 0.600. The van der Waals surface area contributed by atoms with Gasteiger partial charge < -0.3 is 19.7 Å². The SMILES string of the molecule is CN1CN(C2CCC(COCCC#N)CC2)c2c(cnc3[nH]ccc23)C1O. The van der Waals surface area contributed by atoms with Crippen molar-refractivity contribution >= 4 is 16.7 Å². The number of aromatic nitrogens is 2. The predicted molar refractivity (Wildman–Crippen MR) is 103 cm³/mol. The Morgan fingerprint density at radius 2 is 2.19 bits per heavy atom. The molecule has 3 heterocycles. The first-order valence-electron chi connectivity index (χ1n) is 9.74. The lowest BCUT2D eigenvalue weighted by Gasteiger charge is -2.46. The molecule has 144 valence electrons. The van der Waals surface area contributed by atoms with Crippen molar-refractivity contribution in [3.05, 3.63) is 24.0 Å². The summed E-state index contributed by atoms with van der Waals surface area (Å²) in [6.45, 7) is 2.01. The van der Waals surface area contributed by atoms with Gasteiger partial charge in [0, 0.05) is 36.0 Å². The lowest BCUT2D eigenvalue weighted by Crippen LogP contribution is -2.49. The minimum absolute atomic E-state index is 0.453. The van der Waals surface area contributed by atoms with Crippen molar-refractivity contribution in [3.63, 3.8) is 0 Å². The highest BCUT2D eigenvalue weighted by atomic mass is 16.5. The Hall–Kier alpha value is -2.14. The van der Waals surface area contributed by atoms with E-state index < -0.39 is 6.23 Å². The van der Waals surface area contributed by atoms with Gasteiger partial charge in [-0.15, -0.1) is 0 Å². The maximum atomic E-state index is 10.6. The Kier molecular flexibility index (Phi) is 5.30. The van der Waals surface area contributed by atoms with Gasteiger partial charge in [-0.1, -0.05) is 0 Å². The summed E-state index contributed by atoms with van der Waals surface area (Å²) in [7, 11) is 1.95. The average Bonchev–Trinajstić information content (AvgIpc) is 3.17. The summed E-state index contributed by atoms with van der Waals surface area (Å²) in [5.41, 5.74) is 2.88. The van der Waals surface area contributed by atoms with Gasteiger partial charge in [0.25, 0.3) is 0 Å². The molecule has 1 saturated carbocycles. The van der Waals surface area contributed by atoms with Crippen molar-refractivity contribution in [1.29, 1.82) is 5.26 Å². The van der Waals surface area contributed by atoms with Gasteiger partial charge in [0.2, 0.25) is 0 Å². The number of hydrogen-bond acceptors (Lipinski definition) is 6. The summed E-state index contributed by atoms with van der Waals surface area (Å²) in [5.74, 6) is 0.581. The number of nitrogens with zero attached hydrogens (tertiary/aromatic N) is 4.